The fraction of sp³-hybridized carbons (Fsp3) is 0.143. The van der Waals surface area contributed by atoms with Crippen LogP contribution in [0.2, 0.25) is 0 Å². The highest BCUT2D eigenvalue weighted by atomic mass is 32.2. The number of nitrogens with two attached hydrogens (primary N) is 2. The molecule has 0 fully saturated rings. The van der Waals surface area contributed by atoms with Gasteiger partial charge in [-0.3, -0.25) is 0 Å². The predicted molar refractivity (Wildman–Crippen MR) is 54.0 cm³/mol. The first-order valence-corrected chi connectivity index (χ1v) is 6.18. The Bertz CT molecular complexity index is 415. The third kappa shape index (κ3) is 2.61. The van der Waals surface area contributed by atoms with E-state index in [0.717, 1.165) is 4.90 Å². The van der Waals surface area contributed by atoms with Crippen LogP contribution in [0.15, 0.2) is 28.0 Å². The fourth-order valence-corrected chi connectivity index (χ4v) is 2.04. The number of benzene rings is 1. The van der Waals surface area contributed by atoms with Crippen LogP contribution in [0, 0.1) is 0 Å². The summed E-state index contributed by atoms with van der Waals surface area (Å²) in [5.41, 5.74) is 5.90. The number of nitrogen functional groups attached to an aromatic ring is 1. The molecule has 0 heterocycles. The van der Waals surface area contributed by atoms with E-state index in [1.807, 2.05) is 6.26 Å². The number of rotatable bonds is 2. The minimum Gasteiger partial charge on any atom is -0.399 e. The van der Waals surface area contributed by atoms with Crippen LogP contribution in [0.3, 0.4) is 0 Å². The zero-order chi connectivity index (χ0) is 10.1. The second-order valence-electron chi connectivity index (χ2n) is 2.49. The van der Waals surface area contributed by atoms with Crippen LogP contribution in [-0.4, -0.2) is 14.7 Å². The average Bonchev–Trinajstić information content (AvgIpc) is 2.01. The Labute approximate surface area is 81.4 Å². The number of sulfonamides is 1. The van der Waals surface area contributed by atoms with Crippen LogP contribution in [0.1, 0.15) is 0 Å². The molecule has 0 aliphatic carbocycles. The molecule has 1 aromatic carbocycles. The lowest BCUT2D eigenvalue weighted by molar-refractivity contribution is 0.597. The molecule has 13 heavy (non-hydrogen) atoms. The number of anilines is 1. The van der Waals surface area contributed by atoms with E-state index in [1.54, 1.807) is 6.07 Å². The maximum atomic E-state index is 11.0. The molecule has 72 valence electrons. The van der Waals surface area contributed by atoms with Gasteiger partial charge in [0.05, 0.1) is 4.90 Å². The summed E-state index contributed by atoms with van der Waals surface area (Å²) in [5.74, 6) is 0. The zero-order valence-corrected chi connectivity index (χ0v) is 8.65. The number of thioether (sulfide) groups is 1. The Hall–Kier alpha value is -0.720. The summed E-state index contributed by atoms with van der Waals surface area (Å²) in [7, 11) is -3.65. The van der Waals surface area contributed by atoms with Gasteiger partial charge in [0.2, 0.25) is 10.0 Å². The van der Waals surface area contributed by atoms with E-state index >= 15 is 0 Å². The first-order chi connectivity index (χ1) is 5.93. The van der Waals surface area contributed by atoms with Crippen molar-refractivity contribution >= 4 is 27.5 Å². The van der Waals surface area contributed by atoms with Crippen molar-refractivity contribution in [2.45, 2.75) is 9.79 Å². The highest BCUT2D eigenvalue weighted by Crippen LogP contribution is 2.22. The molecule has 0 radical (unpaired) electrons. The summed E-state index contributed by atoms with van der Waals surface area (Å²) >= 11 is 1.41. The lowest BCUT2D eigenvalue weighted by Gasteiger charge is -2.02. The first kappa shape index (κ1) is 10.4. The van der Waals surface area contributed by atoms with Gasteiger partial charge < -0.3 is 5.73 Å². The van der Waals surface area contributed by atoms with Crippen molar-refractivity contribution in [1.82, 2.24) is 0 Å². The van der Waals surface area contributed by atoms with E-state index in [2.05, 4.69) is 0 Å². The van der Waals surface area contributed by atoms with E-state index < -0.39 is 10.0 Å². The Morgan fingerprint density at radius 3 is 2.38 bits per heavy atom. The Morgan fingerprint density at radius 1 is 1.31 bits per heavy atom. The van der Waals surface area contributed by atoms with E-state index in [9.17, 15) is 8.42 Å². The molecule has 1 aromatic rings. The second kappa shape index (κ2) is 3.57. The van der Waals surface area contributed by atoms with Crippen LogP contribution < -0.4 is 10.9 Å². The standard InChI is InChI=1S/C7H10N2O2S2/c1-12-6-2-5(8)3-7(4-6)13(9,10)11/h2-4H,8H2,1H3,(H2,9,10,11). The molecule has 0 bridgehead atoms. The Kier molecular flexibility index (Phi) is 2.84. The van der Waals surface area contributed by atoms with Crippen molar-refractivity contribution in [1.29, 1.82) is 0 Å². The Balaban J connectivity index is 3.33. The van der Waals surface area contributed by atoms with Crippen molar-refractivity contribution in [2.24, 2.45) is 5.14 Å². The predicted octanol–water partition coefficient (Wildman–Crippen LogP) is 0.638. The smallest absolute Gasteiger partial charge is 0.238 e. The van der Waals surface area contributed by atoms with E-state index in [1.165, 1.54) is 23.9 Å². The number of primary sulfonamides is 1. The van der Waals surface area contributed by atoms with Crippen LogP contribution in [0.5, 0.6) is 0 Å². The molecule has 6 heteroatoms. The van der Waals surface area contributed by atoms with Crippen molar-refractivity contribution in [2.75, 3.05) is 12.0 Å². The molecule has 0 saturated carbocycles. The van der Waals surface area contributed by atoms with E-state index in [4.69, 9.17) is 10.9 Å². The van der Waals surface area contributed by atoms with Crippen LogP contribution in [-0.2, 0) is 10.0 Å². The topological polar surface area (TPSA) is 86.2 Å². The maximum Gasteiger partial charge on any atom is 0.238 e. The van der Waals surface area contributed by atoms with Gasteiger partial charge in [-0.05, 0) is 24.5 Å². The lowest BCUT2D eigenvalue weighted by Crippen LogP contribution is -2.12. The SMILES string of the molecule is CSc1cc(N)cc(S(N)(=O)=O)c1. The third-order valence-corrected chi connectivity index (χ3v) is 3.07. The van der Waals surface area contributed by atoms with Gasteiger partial charge in [0.25, 0.3) is 0 Å². The Morgan fingerprint density at radius 2 is 1.92 bits per heavy atom. The molecule has 0 aromatic heterocycles. The summed E-state index contributed by atoms with van der Waals surface area (Å²) in [6, 6.07) is 4.53. The van der Waals surface area contributed by atoms with Gasteiger partial charge >= 0.3 is 0 Å². The summed E-state index contributed by atoms with van der Waals surface area (Å²) in [5, 5.41) is 4.96. The highest BCUT2D eigenvalue weighted by molar-refractivity contribution is 7.98. The normalized spacial score (nSPS) is 11.5. The second-order valence-corrected chi connectivity index (χ2v) is 4.93. The first-order valence-electron chi connectivity index (χ1n) is 3.41. The molecular formula is C7H10N2O2S2. The average molecular weight is 218 g/mol. The molecule has 4 nitrogen and oxygen atoms in total. The minimum absolute atomic E-state index is 0.0526. The van der Waals surface area contributed by atoms with Crippen LogP contribution >= 0.6 is 11.8 Å². The quantitative estimate of drug-likeness (QED) is 0.563. The van der Waals surface area contributed by atoms with Gasteiger partial charge in [-0.2, -0.15) is 0 Å². The largest absolute Gasteiger partial charge is 0.399 e. The van der Waals surface area contributed by atoms with Gasteiger partial charge in [0.15, 0.2) is 0 Å². The monoisotopic (exact) mass is 218 g/mol. The number of hydrogen-bond donors (Lipinski definition) is 2. The zero-order valence-electron chi connectivity index (χ0n) is 7.02. The van der Waals surface area contributed by atoms with Gasteiger partial charge in [-0.25, -0.2) is 13.6 Å². The highest BCUT2D eigenvalue weighted by Gasteiger charge is 2.09. The molecule has 1 rings (SSSR count). The van der Waals surface area contributed by atoms with Gasteiger partial charge in [-0.15, -0.1) is 11.8 Å². The molecule has 0 aliphatic rings. The molecule has 0 aliphatic heterocycles. The molecule has 0 atom stereocenters. The summed E-state index contributed by atoms with van der Waals surface area (Å²) in [6.45, 7) is 0. The minimum atomic E-state index is -3.65. The van der Waals surface area contributed by atoms with Crippen molar-refractivity contribution < 1.29 is 8.42 Å². The fourth-order valence-electron chi connectivity index (χ4n) is 0.876. The lowest BCUT2D eigenvalue weighted by atomic mass is 10.3. The van der Waals surface area contributed by atoms with E-state index in [0.29, 0.717) is 5.69 Å². The van der Waals surface area contributed by atoms with Crippen molar-refractivity contribution in [3.8, 4) is 0 Å². The molecule has 4 N–H and O–H groups in total. The summed E-state index contributed by atoms with van der Waals surface area (Å²) in [6.07, 6.45) is 1.84. The maximum absolute atomic E-state index is 11.0. The number of hydrogen-bond acceptors (Lipinski definition) is 4. The summed E-state index contributed by atoms with van der Waals surface area (Å²) in [4.78, 5) is 0.834. The van der Waals surface area contributed by atoms with Crippen LogP contribution in [0.4, 0.5) is 5.69 Å². The van der Waals surface area contributed by atoms with Crippen LogP contribution in [0.25, 0.3) is 0 Å². The molecule has 0 spiro atoms. The third-order valence-electron chi connectivity index (χ3n) is 1.47. The molecule has 0 saturated heterocycles. The molecular weight excluding hydrogens is 208 g/mol. The summed E-state index contributed by atoms with van der Waals surface area (Å²) < 4.78 is 21.9. The van der Waals surface area contributed by atoms with E-state index in [-0.39, 0.29) is 4.90 Å². The van der Waals surface area contributed by atoms with Gasteiger partial charge in [0.1, 0.15) is 0 Å². The molecule has 0 unspecified atom stereocenters. The van der Waals surface area contributed by atoms with Gasteiger partial charge in [0, 0.05) is 10.6 Å². The van der Waals surface area contributed by atoms with Crippen molar-refractivity contribution in [3.63, 3.8) is 0 Å². The van der Waals surface area contributed by atoms with Crippen molar-refractivity contribution in [3.05, 3.63) is 18.2 Å². The van der Waals surface area contributed by atoms with Gasteiger partial charge in [-0.1, -0.05) is 0 Å². The molecule has 0 amide bonds.